The van der Waals surface area contributed by atoms with Gasteiger partial charge in [-0.15, -0.1) is 0 Å². The van der Waals surface area contributed by atoms with Crippen LogP contribution in [0.5, 0.6) is 0 Å². The highest BCUT2D eigenvalue weighted by atomic mass is 16.5. The van der Waals surface area contributed by atoms with Crippen molar-refractivity contribution in [1.29, 1.82) is 0 Å². The van der Waals surface area contributed by atoms with Gasteiger partial charge < -0.3 is 15.0 Å². The lowest BCUT2D eigenvalue weighted by Gasteiger charge is -2.17. The van der Waals surface area contributed by atoms with Gasteiger partial charge in [-0.3, -0.25) is 0 Å². The average molecular weight is 392 g/mol. The fourth-order valence-electron chi connectivity index (χ4n) is 2.89. The minimum absolute atomic E-state index is 0.157. The Kier molecular flexibility index (Phi) is 6.70. The van der Waals surface area contributed by atoms with E-state index in [9.17, 15) is 4.79 Å². The Morgan fingerprint density at radius 1 is 1.00 bits per heavy atom. The van der Waals surface area contributed by atoms with Crippen LogP contribution in [-0.2, 0) is 11.2 Å². The van der Waals surface area contributed by atoms with Crippen LogP contribution in [0.3, 0.4) is 0 Å². The predicted molar refractivity (Wildman–Crippen MR) is 117 cm³/mol. The van der Waals surface area contributed by atoms with E-state index in [4.69, 9.17) is 4.74 Å². The molecule has 0 spiro atoms. The van der Waals surface area contributed by atoms with E-state index in [0.29, 0.717) is 19.6 Å². The van der Waals surface area contributed by atoms with Gasteiger partial charge in [0, 0.05) is 24.7 Å². The minimum atomic E-state index is -0.377. The second-order valence-electron chi connectivity index (χ2n) is 8.30. The van der Waals surface area contributed by atoms with Crippen LogP contribution in [0, 0.1) is 5.41 Å². The van der Waals surface area contributed by atoms with Crippen LogP contribution in [0.1, 0.15) is 33.0 Å². The molecule has 0 unspecified atom stereocenters. The summed E-state index contributed by atoms with van der Waals surface area (Å²) in [7, 11) is 0. The fraction of sp³-hybridized carbons (Fsp3) is 0.333. The van der Waals surface area contributed by atoms with E-state index in [1.807, 2.05) is 24.4 Å². The van der Waals surface area contributed by atoms with Gasteiger partial charge >= 0.3 is 6.09 Å². The maximum Gasteiger partial charge on any atom is 0.407 e. The first-order valence-corrected chi connectivity index (χ1v) is 10.0. The summed E-state index contributed by atoms with van der Waals surface area (Å²) in [6, 6.07) is 18.7. The molecule has 152 valence electrons. The topological polar surface area (TPSA) is 67.0 Å². The summed E-state index contributed by atoms with van der Waals surface area (Å²) in [4.78, 5) is 19.5. The molecule has 0 aliphatic heterocycles. The number of aromatic amines is 1. The number of alkyl carbamates (subject to hydrolysis) is 1. The van der Waals surface area contributed by atoms with Crippen molar-refractivity contribution >= 4 is 6.09 Å². The lowest BCUT2D eigenvalue weighted by molar-refractivity contribution is 0.131. The molecule has 0 aliphatic carbocycles. The van der Waals surface area contributed by atoms with E-state index in [1.165, 1.54) is 11.1 Å². The number of hydrogen-bond donors (Lipinski definition) is 2. The number of ether oxygens (including phenoxy) is 1. The Morgan fingerprint density at radius 3 is 2.34 bits per heavy atom. The molecule has 5 nitrogen and oxygen atoms in total. The Labute approximate surface area is 172 Å². The number of carbonyl (C=O) groups excluding carboxylic acids is 1. The normalized spacial score (nSPS) is 11.3. The summed E-state index contributed by atoms with van der Waals surface area (Å²) >= 11 is 0. The van der Waals surface area contributed by atoms with Crippen LogP contribution < -0.4 is 5.32 Å². The number of carbonyl (C=O) groups is 1. The van der Waals surface area contributed by atoms with Crippen LogP contribution in [0.25, 0.3) is 22.4 Å². The molecule has 0 radical (unpaired) electrons. The van der Waals surface area contributed by atoms with Gasteiger partial charge in [0.25, 0.3) is 0 Å². The summed E-state index contributed by atoms with van der Waals surface area (Å²) in [5.41, 5.74) is 4.49. The molecule has 1 amide bonds. The molecule has 0 fully saturated rings. The number of imidazole rings is 1. The van der Waals surface area contributed by atoms with Gasteiger partial charge in [0.1, 0.15) is 5.82 Å². The molecule has 5 heteroatoms. The Balaban J connectivity index is 1.47. The Morgan fingerprint density at radius 2 is 1.66 bits per heavy atom. The van der Waals surface area contributed by atoms with Crippen molar-refractivity contribution in [2.75, 3.05) is 13.2 Å². The van der Waals surface area contributed by atoms with Crippen LogP contribution in [-0.4, -0.2) is 29.2 Å². The molecular weight excluding hydrogens is 362 g/mol. The molecule has 0 saturated heterocycles. The zero-order valence-electron chi connectivity index (χ0n) is 17.4. The summed E-state index contributed by atoms with van der Waals surface area (Å²) in [6.07, 6.45) is 2.98. The fourth-order valence-corrected chi connectivity index (χ4v) is 2.89. The van der Waals surface area contributed by atoms with Gasteiger partial charge in [-0.25, -0.2) is 9.78 Å². The molecule has 0 aliphatic rings. The number of nitrogens with one attached hydrogen (secondary N) is 2. The zero-order chi connectivity index (χ0) is 20.7. The third-order valence-electron chi connectivity index (χ3n) is 4.64. The van der Waals surface area contributed by atoms with Gasteiger partial charge in [-0.05, 0) is 23.0 Å². The summed E-state index contributed by atoms with van der Waals surface area (Å²) < 4.78 is 5.20. The lowest BCUT2D eigenvalue weighted by Crippen LogP contribution is -2.27. The lowest BCUT2D eigenvalue weighted by atomic mass is 9.93. The molecular formula is C24H29N3O2. The molecule has 3 rings (SSSR count). The number of aromatic nitrogens is 2. The SMILES string of the molecule is CC(C)(C)CCOC(=O)NCCc1nc(-c2ccc(-c3ccccc3)cc2)c[nH]1. The molecule has 0 bridgehead atoms. The van der Waals surface area contributed by atoms with E-state index in [-0.39, 0.29) is 11.5 Å². The number of benzene rings is 2. The summed E-state index contributed by atoms with van der Waals surface area (Å²) in [5, 5.41) is 2.77. The maximum absolute atomic E-state index is 11.7. The highest BCUT2D eigenvalue weighted by Crippen LogP contribution is 2.23. The Bertz CT molecular complexity index is 909. The summed E-state index contributed by atoms with van der Waals surface area (Å²) in [6.45, 7) is 7.28. The van der Waals surface area contributed by atoms with Crippen molar-refractivity contribution in [2.24, 2.45) is 5.41 Å². The second-order valence-corrected chi connectivity index (χ2v) is 8.30. The van der Waals surface area contributed by atoms with E-state index in [2.05, 4.69) is 72.5 Å². The number of nitrogens with zero attached hydrogens (tertiary/aromatic N) is 1. The monoisotopic (exact) mass is 391 g/mol. The molecule has 0 saturated carbocycles. The van der Waals surface area contributed by atoms with Crippen LogP contribution in [0.4, 0.5) is 4.79 Å². The van der Waals surface area contributed by atoms with Crippen LogP contribution >= 0.6 is 0 Å². The van der Waals surface area contributed by atoms with Crippen LogP contribution in [0.2, 0.25) is 0 Å². The molecule has 3 aromatic rings. The van der Waals surface area contributed by atoms with Gasteiger partial charge in [-0.2, -0.15) is 0 Å². The van der Waals surface area contributed by atoms with E-state index in [1.54, 1.807) is 0 Å². The van der Waals surface area contributed by atoms with Crippen molar-refractivity contribution in [2.45, 2.75) is 33.6 Å². The third kappa shape index (κ3) is 6.49. The molecule has 1 aromatic heterocycles. The Hall–Kier alpha value is -3.08. The van der Waals surface area contributed by atoms with Gasteiger partial charge in [0.2, 0.25) is 0 Å². The predicted octanol–water partition coefficient (Wildman–Crippen LogP) is 5.45. The zero-order valence-corrected chi connectivity index (χ0v) is 17.4. The van der Waals surface area contributed by atoms with Crippen molar-refractivity contribution < 1.29 is 9.53 Å². The number of H-pyrrole nitrogens is 1. The first-order chi connectivity index (χ1) is 13.9. The first-order valence-electron chi connectivity index (χ1n) is 10.0. The van der Waals surface area contributed by atoms with E-state index >= 15 is 0 Å². The minimum Gasteiger partial charge on any atom is -0.450 e. The smallest absolute Gasteiger partial charge is 0.407 e. The van der Waals surface area contributed by atoms with E-state index in [0.717, 1.165) is 23.5 Å². The molecule has 0 atom stereocenters. The molecule has 29 heavy (non-hydrogen) atoms. The van der Waals surface area contributed by atoms with Crippen LogP contribution in [0.15, 0.2) is 60.8 Å². The molecule has 2 N–H and O–H groups in total. The van der Waals surface area contributed by atoms with Crippen molar-refractivity contribution in [3.8, 4) is 22.4 Å². The molecule has 1 heterocycles. The third-order valence-corrected chi connectivity index (χ3v) is 4.64. The quantitative estimate of drug-likeness (QED) is 0.563. The van der Waals surface area contributed by atoms with Crippen molar-refractivity contribution in [3.63, 3.8) is 0 Å². The largest absolute Gasteiger partial charge is 0.450 e. The second kappa shape index (κ2) is 9.41. The van der Waals surface area contributed by atoms with E-state index < -0.39 is 0 Å². The number of rotatable bonds is 7. The average Bonchev–Trinajstić information content (AvgIpc) is 3.17. The highest BCUT2D eigenvalue weighted by molar-refractivity contribution is 5.68. The van der Waals surface area contributed by atoms with Gasteiger partial charge in [0.05, 0.1) is 12.3 Å². The van der Waals surface area contributed by atoms with Crippen molar-refractivity contribution in [1.82, 2.24) is 15.3 Å². The van der Waals surface area contributed by atoms with Crippen molar-refractivity contribution in [3.05, 3.63) is 66.6 Å². The maximum atomic E-state index is 11.7. The standard InChI is InChI=1S/C24H29N3O2/c1-24(2,3)14-16-29-23(28)25-15-13-22-26-17-21(27-22)20-11-9-19(10-12-20)18-7-5-4-6-8-18/h4-12,17H,13-16H2,1-3H3,(H,25,28)(H,26,27). The summed E-state index contributed by atoms with van der Waals surface area (Å²) in [5.74, 6) is 0.835. The molecule has 2 aromatic carbocycles. The van der Waals surface area contributed by atoms with Gasteiger partial charge in [-0.1, -0.05) is 75.4 Å². The number of hydrogen-bond acceptors (Lipinski definition) is 3. The first kappa shape index (κ1) is 20.6. The number of amides is 1. The highest BCUT2D eigenvalue weighted by Gasteiger charge is 2.11. The van der Waals surface area contributed by atoms with Gasteiger partial charge in [0.15, 0.2) is 0 Å².